The van der Waals surface area contributed by atoms with E-state index in [-0.39, 0.29) is 11.7 Å². The first kappa shape index (κ1) is 19.8. The Bertz CT molecular complexity index is 1150. The molecule has 1 amide bonds. The lowest BCUT2D eigenvalue weighted by molar-refractivity contribution is 0.103. The summed E-state index contributed by atoms with van der Waals surface area (Å²) in [5, 5.41) is 8.93. The number of hydrogen-bond acceptors (Lipinski definition) is 4. The highest BCUT2D eigenvalue weighted by molar-refractivity contribution is 7.12. The number of hydrogen-bond donors (Lipinski definition) is 1. The third-order valence-corrected chi connectivity index (χ3v) is 5.46. The zero-order valence-corrected chi connectivity index (χ0v) is 17.2. The van der Waals surface area contributed by atoms with E-state index in [1.54, 1.807) is 35.3 Å². The van der Waals surface area contributed by atoms with E-state index >= 15 is 0 Å². The summed E-state index contributed by atoms with van der Waals surface area (Å²) in [6.07, 6.45) is 3.23. The molecule has 152 valence electrons. The summed E-state index contributed by atoms with van der Waals surface area (Å²) in [7, 11) is 0. The van der Waals surface area contributed by atoms with Crippen molar-refractivity contribution in [2.45, 2.75) is 20.1 Å². The number of thiophene rings is 1. The Kier molecular flexibility index (Phi) is 5.90. The second-order valence-electron chi connectivity index (χ2n) is 6.89. The van der Waals surface area contributed by atoms with E-state index in [1.807, 2.05) is 42.6 Å². The fourth-order valence-corrected chi connectivity index (χ4v) is 3.67. The van der Waals surface area contributed by atoms with Gasteiger partial charge >= 0.3 is 0 Å². The first-order valence-corrected chi connectivity index (χ1v) is 10.3. The number of nitrogens with one attached hydrogen (secondary N) is 1. The van der Waals surface area contributed by atoms with E-state index in [1.165, 1.54) is 23.0 Å². The van der Waals surface area contributed by atoms with Crippen LogP contribution in [0, 0.1) is 12.7 Å². The summed E-state index contributed by atoms with van der Waals surface area (Å²) < 4.78 is 21.1. The topological polar surface area (TPSA) is 56.1 Å². The molecule has 0 bridgehead atoms. The number of amides is 1. The summed E-state index contributed by atoms with van der Waals surface area (Å²) in [5.41, 5.74) is 3.20. The van der Waals surface area contributed by atoms with Crippen molar-refractivity contribution in [3.63, 3.8) is 0 Å². The van der Waals surface area contributed by atoms with Gasteiger partial charge in [0.25, 0.3) is 5.91 Å². The minimum atomic E-state index is -0.280. The highest BCUT2D eigenvalue weighted by Crippen LogP contribution is 2.20. The molecule has 0 unspecified atom stereocenters. The van der Waals surface area contributed by atoms with Gasteiger partial charge in [-0.1, -0.05) is 35.9 Å². The van der Waals surface area contributed by atoms with Crippen LogP contribution in [0.15, 0.2) is 72.4 Å². The molecule has 0 saturated carbocycles. The van der Waals surface area contributed by atoms with Gasteiger partial charge in [-0.3, -0.25) is 9.48 Å². The van der Waals surface area contributed by atoms with Gasteiger partial charge < -0.3 is 10.1 Å². The quantitative estimate of drug-likeness (QED) is 0.442. The van der Waals surface area contributed by atoms with Gasteiger partial charge in [-0.15, -0.1) is 11.3 Å². The SMILES string of the molecule is Cc1ccc(OCc2csc(C(=O)Nc3cnn(Cc4ccccc4F)c3)c2)cc1. The molecular formula is C23H20FN3O2S. The Morgan fingerprint density at radius 1 is 1.20 bits per heavy atom. The number of anilines is 1. The summed E-state index contributed by atoms with van der Waals surface area (Å²) in [6, 6.07) is 16.2. The van der Waals surface area contributed by atoms with Gasteiger partial charge in [0.05, 0.1) is 23.3 Å². The summed E-state index contributed by atoms with van der Waals surface area (Å²) in [4.78, 5) is 13.1. The van der Waals surface area contributed by atoms with Crippen molar-refractivity contribution in [1.29, 1.82) is 0 Å². The third-order valence-electron chi connectivity index (χ3n) is 4.49. The Hall–Kier alpha value is -3.45. The van der Waals surface area contributed by atoms with Crippen LogP contribution in [-0.4, -0.2) is 15.7 Å². The number of aromatic nitrogens is 2. The molecule has 7 heteroatoms. The van der Waals surface area contributed by atoms with Crippen LogP contribution in [0.25, 0.3) is 0 Å². The summed E-state index contributed by atoms with van der Waals surface area (Å²) >= 11 is 1.36. The normalized spacial score (nSPS) is 10.7. The Morgan fingerprint density at radius 2 is 2.00 bits per heavy atom. The van der Waals surface area contributed by atoms with Crippen molar-refractivity contribution in [3.05, 3.63) is 99.8 Å². The molecule has 5 nitrogen and oxygen atoms in total. The van der Waals surface area contributed by atoms with Gasteiger partial charge in [0, 0.05) is 17.3 Å². The Morgan fingerprint density at radius 3 is 2.80 bits per heavy atom. The van der Waals surface area contributed by atoms with Crippen molar-refractivity contribution in [3.8, 4) is 5.75 Å². The van der Waals surface area contributed by atoms with Gasteiger partial charge in [0.2, 0.25) is 0 Å². The minimum absolute atomic E-state index is 0.216. The predicted molar refractivity (Wildman–Crippen MR) is 116 cm³/mol. The summed E-state index contributed by atoms with van der Waals surface area (Å²) in [5.74, 6) is 0.296. The van der Waals surface area contributed by atoms with Crippen LogP contribution >= 0.6 is 11.3 Å². The molecule has 0 aliphatic heterocycles. The maximum absolute atomic E-state index is 13.8. The molecule has 30 heavy (non-hydrogen) atoms. The lowest BCUT2D eigenvalue weighted by Crippen LogP contribution is -2.09. The van der Waals surface area contributed by atoms with Crippen molar-refractivity contribution < 1.29 is 13.9 Å². The van der Waals surface area contributed by atoms with E-state index in [2.05, 4.69) is 10.4 Å². The van der Waals surface area contributed by atoms with E-state index in [4.69, 9.17) is 4.74 Å². The number of carbonyl (C=O) groups is 1. The molecule has 1 N–H and O–H groups in total. The lowest BCUT2D eigenvalue weighted by Gasteiger charge is -2.04. The zero-order valence-electron chi connectivity index (χ0n) is 16.3. The largest absolute Gasteiger partial charge is 0.489 e. The molecule has 4 aromatic rings. The number of benzene rings is 2. The standard InChI is InChI=1S/C23H20FN3O2S/c1-16-6-8-20(9-7-16)29-14-17-10-22(30-15-17)23(28)26-19-11-25-27(13-19)12-18-4-2-3-5-21(18)24/h2-11,13,15H,12,14H2,1H3,(H,26,28). The molecule has 0 radical (unpaired) electrons. The van der Waals surface area contributed by atoms with Gasteiger partial charge in [-0.05, 0) is 36.6 Å². The average molecular weight is 421 g/mol. The highest BCUT2D eigenvalue weighted by Gasteiger charge is 2.12. The molecule has 4 rings (SSSR count). The monoisotopic (exact) mass is 421 g/mol. The maximum atomic E-state index is 13.8. The van der Waals surface area contributed by atoms with Crippen LogP contribution in [0.2, 0.25) is 0 Å². The average Bonchev–Trinajstić information content (AvgIpc) is 3.39. The molecule has 0 saturated heterocycles. The van der Waals surface area contributed by atoms with Gasteiger partial charge in [-0.2, -0.15) is 5.10 Å². The Balaban J connectivity index is 1.34. The molecule has 0 fully saturated rings. The first-order chi connectivity index (χ1) is 14.6. The fraction of sp³-hybridized carbons (Fsp3) is 0.130. The molecule has 2 heterocycles. The van der Waals surface area contributed by atoms with E-state index in [9.17, 15) is 9.18 Å². The van der Waals surface area contributed by atoms with E-state index in [0.717, 1.165) is 11.3 Å². The number of rotatable bonds is 7. The smallest absolute Gasteiger partial charge is 0.265 e. The molecule has 0 atom stereocenters. The molecule has 0 spiro atoms. The minimum Gasteiger partial charge on any atom is -0.489 e. The van der Waals surface area contributed by atoms with Crippen molar-refractivity contribution in [2.75, 3.05) is 5.32 Å². The second-order valence-corrected chi connectivity index (χ2v) is 7.80. The highest BCUT2D eigenvalue weighted by atomic mass is 32.1. The molecule has 2 aromatic heterocycles. The molecule has 0 aliphatic rings. The Labute approximate surface area is 177 Å². The molecule has 0 aliphatic carbocycles. The van der Waals surface area contributed by atoms with Gasteiger partial charge in [-0.25, -0.2) is 4.39 Å². The van der Waals surface area contributed by atoms with Gasteiger partial charge in [0.15, 0.2) is 0 Å². The van der Waals surface area contributed by atoms with Crippen LogP contribution in [0.3, 0.4) is 0 Å². The van der Waals surface area contributed by atoms with Crippen LogP contribution in [0.1, 0.15) is 26.4 Å². The van der Waals surface area contributed by atoms with Crippen LogP contribution in [0.5, 0.6) is 5.75 Å². The number of carbonyl (C=O) groups excluding carboxylic acids is 1. The predicted octanol–water partition coefficient (Wildman–Crippen LogP) is 5.27. The van der Waals surface area contributed by atoms with Crippen LogP contribution in [0.4, 0.5) is 10.1 Å². The molecular weight excluding hydrogens is 401 g/mol. The maximum Gasteiger partial charge on any atom is 0.265 e. The van der Waals surface area contributed by atoms with E-state index in [0.29, 0.717) is 29.3 Å². The number of ether oxygens (including phenoxy) is 1. The summed E-state index contributed by atoms with van der Waals surface area (Å²) in [6.45, 7) is 2.71. The lowest BCUT2D eigenvalue weighted by atomic mass is 10.2. The zero-order chi connectivity index (χ0) is 20.9. The molecule has 2 aromatic carbocycles. The first-order valence-electron chi connectivity index (χ1n) is 9.41. The van der Waals surface area contributed by atoms with Crippen molar-refractivity contribution in [2.24, 2.45) is 0 Å². The van der Waals surface area contributed by atoms with Crippen LogP contribution < -0.4 is 10.1 Å². The van der Waals surface area contributed by atoms with E-state index < -0.39 is 0 Å². The number of nitrogens with zero attached hydrogens (tertiary/aromatic N) is 2. The number of halogens is 1. The van der Waals surface area contributed by atoms with Crippen molar-refractivity contribution >= 4 is 22.9 Å². The van der Waals surface area contributed by atoms with Crippen molar-refractivity contribution in [1.82, 2.24) is 9.78 Å². The number of aryl methyl sites for hydroxylation is 1. The second kappa shape index (κ2) is 8.92. The fourth-order valence-electron chi connectivity index (χ4n) is 2.88. The van der Waals surface area contributed by atoms with Crippen LogP contribution in [-0.2, 0) is 13.2 Å². The van der Waals surface area contributed by atoms with Gasteiger partial charge in [0.1, 0.15) is 18.2 Å². The third kappa shape index (κ3) is 4.93.